The summed E-state index contributed by atoms with van der Waals surface area (Å²) in [5.41, 5.74) is 0.367. The first-order chi connectivity index (χ1) is 11.0. The van der Waals surface area contributed by atoms with Crippen LogP contribution in [-0.2, 0) is 9.59 Å². The third-order valence-electron chi connectivity index (χ3n) is 3.99. The largest absolute Gasteiger partial charge is 0.309 e. The molecule has 2 N–H and O–H groups in total. The van der Waals surface area contributed by atoms with Gasteiger partial charge in [0.2, 0.25) is 0 Å². The van der Waals surface area contributed by atoms with Crippen molar-refractivity contribution in [3.05, 3.63) is 24.8 Å². The van der Waals surface area contributed by atoms with Crippen LogP contribution in [-0.4, -0.2) is 29.4 Å². The molecule has 4 nitrogen and oxygen atoms in total. The first-order valence-electron chi connectivity index (χ1n) is 8.66. The Morgan fingerprint density at radius 3 is 2.38 bits per heavy atom. The van der Waals surface area contributed by atoms with Gasteiger partial charge in [-0.25, -0.2) is 0 Å². The predicted octanol–water partition coefficient (Wildman–Crippen LogP) is 4.25. The second-order valence-corrected chi connectivity index (χ2v) is 7.81. The van der Waals surface area contributed by atoms with Gasteiger partial charge in [0.05, 0.1) is 6.54 Å². The van der Waals surface area contributed by atoms with E-state index in [1.165, 1.54) is 6.08 Å². The summed E-state index contributed by atoms with van der Waals surface area (Å²) in [6.45, 7) is 14.2. The van der Waals surface area contributed by atoms with Crippen LogP contribution in [0.15, 0.2) is 24.8 Å². The Kier molecular flexibility index (Phi) is 9.67. The highest BCUT2D eigenvalue weighted by atomic mass is 16.1. The minimum Gasteiger partial charge on any atom is -0.309 e. The molecule has 0 radical (unpaired) electrons. The van der Waals surface area contributed by atoms with E-state index in [9.17, 15) is 9.59 Å². The molecule has 0 aromatic carbocycles. The zero-order valence-corrected chi connectivity index (χ0v) is 16.0. The Labute approximate surface area is 147 Å². The Morgan fingerprint density at radius 2 is 1.83 bits per heavy atom. The summed E-state index contributed by atoms with van der Waals surface area (Å²) in [4.78, 5) is 23.1. The minimum atomic E-state index is -0.178. The number of rotatable bonds is 13. The zero-order valence-electron chi connectivity index (χ0n) is 16.0. The smallest absolute Gasteiger partial charge is 0.169 e. The zero-order chi connectivity index (χ0) is 18.8. The van der Waals surface area contributed by atoms with E-state index in [-0.39, 0.29) is 28.9 Å². The molecule has 136 valence electrons. The molecule has 0 aromatic rings. The van der Waals surface area contributed by atoms with Crippen LogP contribution in [0.1, 0.15) is 66.7 Å². The van der Waals surface area contributed by atoms with Crippen LogP contribution >= 0.6 is 0 Å². The first-order valence-corrected chi connectivity index (χ1v) is 8.66. The maximum atomic E-state index is 11.7. The van der Waals surface area contributed by atoms with Gasteiger partial charge in [-0.1, -0.05) is 39.5 Å². The standard InChI is InChI=1S/C20H34N2O2/c1-7-9-10-18(24)14-22-20(5,6)15-19(3,4)12-11-16(21)13-17(23)8-2/h7,9-10,21-22H,1,8,11-15H2,2-6H3/b10-9+,21-16?. The molecule has 4 heteroatoms. The van der Waals surface area contributed by atoms with Gasteiger partial charge in [-0.05, 0) is 44.6 Å². The van der Waals surface area contributed by atoms with Gasteiger partial charge >= 0.3 is 0 Å². The average Bonchev–Trinajstić information content (AvgIpc) is 2.48. The minimum absolute atomic E-state index is 0.0259. The van der Waals surface area contributed by atoms with E-state index in [1.807, 2.05) is 6.92 Å². The summed E-state index contributed by atoms with van der Waals surface area (Å²) < 4.78 is 0. The van der Waals surface area contributed by atoms with Crippen LogP contribution in [0.25, 0.3) is 0 Å². The highest BCUT2D eigenvalue weighted by molar-refractivity contribution is 6.00. The summed E-state index contributed by atoms with van der Waals surface area (Å²) in [6.07, 6.45) is 7.92. The quantitative estimate of drug-likeness (QED) is 0.300. The third-order valence-corrected chi connectivity index (χ3v) is 3.99. The van der Waals surface area contributed by atoms with Crippen molar-refractivity contribution in [3.8, 4) is 0 Å². The number of hydrogen-bond acceptors (Lipinski definition) is 4. The lowest BCUT2D eigenvalue weighted by Crippen LogP contribution is -2.45. The number of carbonyl (C=O) groups is 2. The lowest BCUT2D eigenvalue weighted by Gasteiger charge is -2.36. The van der Waals surface area contributed by atoms with Crippen molar-refractivity contribution in [3.63, 3.8) is 0 Å². The molecule has 0 aliphatic rings. The second kappa shape index (κ2) is 10.3. The Morgan fingerprint density at radius 1 is 1.21 bits per heavy atom. The SMILES string of the molecule is C=C/C=C/C(=O)CNC(C)(C)CC(C)(C)CCC(=N)CC(=O)CC. The van der Waals surface area contributed by atoms with Crippen LogP contribution in [0.3, 0.4) is 0 Å². The van der Waals surface area contributed by atoms with E-state index < -0.39 is 0 Å². The number of nitrogens with one attached hydrogen (secondary N) is 2. The topological polar surface area (TPSA) is 70.0 Å². The van der Waals surface area contributed by atoms with Gasteiger partial charge in [-0.15, -0.1) is 0 Å². The van der Waals surface area contributed by atoms with Crippen LogP contribution < -0.4 is 5.32 Å². The number of ketones is 2. The molecule has 0 unspecified atom stereocenters. The summed E-state index contributed by atoms with van der Waals surface area (Å²) in [5.74, 6) is 0.159. The van der Waals surface area contributed by atoms with Crippen molar-refractivity contribution < 1.29 is 9.59 Å². The third kappa shape index (κ3) is 11.1. The van der Waals surface area contributed by atoms with E-state index in [2.05, 4.69) is 39.6 Å². The maximum Gasteiger partial charge on any atom is 0.169 e. The van der Waals surface area contributed by atoms with Gasteiger partial charge in [0.15, 0.2) is 5.78 Å². The molecule has 0 bridgehead atoms. The van der Waals surface area contributed by atoms with Crippen molar-refractivity contribution in [2.75, 3.05) is 6.54 Å². The molecule has 0 heterocycles. The van der Waals surface area contributed by atoms with E-state index >= 15 is 0 Å². The van der Waals surface area contributed by atoms with Gasteiger partial charge in [0.25, 0.3) is 0 Å². The molecule has 0 spiro atoms. The Hall–Kier alpha value is -1.55. The van der Waals surface area contributed by atoms with E-state index in [1.54, 1.807) is 12.2 Å². The molecule has 0 rings (SSSR count). The fraction of sp³-hybridized carbons (Fsp3) is 0.650. The molecule has 0 aromatic heterocycles. The summed E-state index contributed by atoms with van der Waals surface area (Å²) in [7, 11) is 0. The highest BCUT2D eigenvalue weighted by Crippen LogP contribution is 2.32. The van der Waals surface area contributed by atoms with Crippen LogP contribution in [0, 0.1) is 10.8 Å². The molecule has 0 fully saturated rings. The van der Waals surface area contributed by atoms with E-state index in [0.717, 1.165) is 12.8 Å². The molecular weight excluding hydrogens is 300 g/mol. The van der Waals surface area contributed by atoms with Gasteiger partial charge in [0.1, 0.15) is 5.78 Å². The van der Waals surface area contributed by atoms with Crippen LogP contribution in [0.5, 0.6) is 0 Å². The average molecular weight is 335 g/mol. The van der Waals surface area contributed by atoms with Gasteiger partial charge in [0, 0.05) is 24.1 Å². The van der Waals surface area contributed by atoms with Crippen molar-refractivity contribution >= 4 is 17.3 Å². The van der Waals surface area contributed by atoms with Crippen molar-refractivity contribution in [1.82, 2.24) is 5.32 Å². The normalized spacial score (nSPS) is 12.4. The number of allylic oxidation sites excluding steroid dienone is 2. The molecule has 0 saturated carbocycles. The van der Waals surface area contributed by atoms with E-state index in [0.29, 0.717) is 25.1 Å². The predicted molar refractivity (Wildman–Crippen MR) is 102 cm³/mol. The molecule has 0 aliphatic heterocycles. The fourth-order valence-electron chi connectivity index (χ4n) is 2.85. The first kappa shape index (κ1) is 22.4. The number of hydrogen-bond donors (Lipinski definition) is 2. The Bertz CT molecular complexity index is 488. The summed E-state index contributed by atoms with van der Waals surface area (Å²) >= 11 is 0. The van der Waals surface area contributed by atoms with Gasteiger partial charge in [-0.3, -0.25) is 9.59 Å². The van der Waals surface area contributed by atoms with Crippen LogP contribution in [0.4, 0.5) is 0 Å². The van der Waals surface area contributed by atoms with Crippen molar-refractivity contribution in [2.45, 2.75) is 72.3 Å². The Balaban J connectivity index is 4.41. The van der Waals surface area contributed by atoms with Gasteiger partial charge < -0.3 is 10.7 Å². The summed E-state index contributed by atoms with van der Waals surface area (Å²) in [5, 5.41) is 11.2. The number of Topliss-reactive ketones (excluding diaryl/α,β-unsaturated/α-hetero) is 1. The molecule has 0 amide bonds. The molecule has 0 atom stereocenters. The van der Waals surface area contributed by atoms with Crippen molar-refractivity contribution in [2.24, 2.45) is 5.41 Å². The molecule has 0 saturated heterocycles. The number of carbonyl (C=O) groups excluding carboxylic acids is 2. The molecular formula is C20H34N2O2. The monoisotopic (exact) mass is 334 g/mol. The van der Waals surface area contributed by atoms with Crippen LogP contribution in [0.2, 0.25) is 0 Å². The lowest BCUT2D eigenvalue weighted by atomic mass is 9.76. The van der Waals surface area contributed by atoms with Crippen molar-refractivity contribution in [1.29, 1.82) is 5.41 Å². The highest BCUT2D eigenvalue weighted by Gasteiger charge is 2.28. The summed E-state index contributed by atoms with van der Waals surface area (Å²) in [6, 6.07) is 0. The lowest BCUT2D eigenvalue weighted by molar-refractivity contribution is -0.117. The second-order valence-electron chi connectivity index (χ2n) is 7.81. The molecule has 24 heavy (non-hydrogen) atoms. The van der Waals surface area contributed by atoms with Gasteiger partial charge in [-0.2, -0.15) is 0 Å². The fourth-order valence-corrected chi connectivity index (χ4v) is 2.85. The maximum absolute atomic E-state index is 11.7. The van der Waals surface area contributed by atoms with E-state index in [4.69, 9.17) is 5.41 Å². The molecule has 0 aliphatic carbocycles.